The third-order valence-corrected chi connectivity index (χ3v) is 3.00. The van der Waals surface area contributed by atoms with Crippen LogP contribution in [-0.2, 0) is 0 Å². The predicted octanol–water partition coefficient (Wildman–Crippen LogP) is 1.92. The summed E-state index contributed by atoms with van der Waals surface area (Å²) in [5.41, 5.74) is 0.976. The Morgan fingerprint density at radius 2 is 1.82 bits per heavy atom. The van der Waals surface area contributed by atoms with Gasteiger partial charge in [-0.05, 0) is 36.4 Å². The second-order valence-corrected chi connectivity index (χ2v) is 4.43. The molecule has 2 heterocycles. The van der Waals surface area contributed by atoms with Gasteiger partial charge < -0.3 is 10.1 Å². The summed E-state index contributed by atoms with van der Waals surface area (Å²) in [6.07, 6.45) is 3.04. The molecule has 0 spiro atoms. The highest BCUT2D eigenvalue weighted by Gasteiger charge is 2.09. The average molecular weight is 295 g/mol. The molecule has 2 aromatic heterocycles. The summed E-state index contributed by atoms with van der Waals surface area (Å²) in [5.74, 6) is 1.01. The Labute approximate surface area is 126 Å². The Morgan fingerprint density at radius 3 is 2.50 bits per heavy atom. The van der Waals surface area contributed by atoms with Gasteiger partial charge in [0.2, 0.25) is 0 Å². The van der Waals surface area contributed by atoms with E-state index in [4.69, 9.17) is 4.74 Å². The maximum atomic E-state index is 12.2. The van der Waals surface area contributed by atoms with E-state index in [1.165, 1.54) is 12.7 Å². The molecule has 0 saturated carbocycles. The molecule has 7 nitrogen and oxygen atoms in total. The monoisotopic (exact) mass is 295 g/mol. The Bertz CT molecular complexity index is 769. The Kier molecular flexibility index (Phi) is 3.78. The molecule has 22 heavy (non-hydrogen) atoms. The van der Waals surface area contributed by atoms with Crippen molar-refractivity contribution in [2.45, 2.75) is 0 Å². The number of hydrogen-bond acceptors (Lipinski definition) is 5. The van der Waals surface area contributed by atoms with Crippen LogP contribution in [0.3, 0.4) is 0 Å². The SMILES string of the molecule is COc1ccc(NC(=O)c2cccc(-n3cnnc3)n2)cc1. The standard InChI is InChI=1S/C15H13N5O2/c1-22-12-7-5-11(6-8-12)18-15(21)13-3-2-4-14(19-13)20-9-16-17-10-20/h2-10H,1H3,(H,18,21). The minimum absolute atomic E-state index is 0.292. The third kappa shape index (κ3) is 2.93. The number of ether oxygens (including phenoxy) is 1. The van der Waals surface area contributed by atoms with Gasteiger partial charge >= 0.3 is 0 Å². The van der Waals surface area contributed by atoms with Gasteiger partial charge in [-0.2, -0.15) is 0 Å². The smallest absolute Gasteiger partial charge is 0.274 e. The first-order valence-electron chi connectivity index (χ1n) is 6.54. The molecular weight excluding hydrogens is 282 g/mol. The van der Waals surface area contributed by atoms with E-state index in [1.807, 2.05) is 0 Å². The van der Waals surface area contributed by atoms with E-state index < -0.39 is 0 Å². The normalized spacial score (nSPS) is 10.2. The first-order chi connectivity index (χ1) is 10.8. The Hall–Kier alpha value is -3.22. The van der Waals surface area contributed by atoms with Gasteiger partial charge in [0.05, 0.1) is 7.11 Å². The topological polar surface area (TPSA) is 81.9 Å². The molecule has 110 valence electrons. The van der Waals surface area contributed by atoms with Crippen molar-refractivity contribution in [3.05, 3.63) is 60.8 Å². The summed E-state index contributed by atoms with van der Waals surface area (Å²) in [7, 11) is 1.59. The van der Waals surface area contributed by atoms with Crippen molar-refractivity contribution in [3.8, 4) is 11.6 Å². The number of hydrogen-bond donors (Lipinski definition) is 1. The molecule has 3 rings (SSSR count). The van der Waals surface area contributed by atoms with Crippen molar-refractivity contribution in [2.75, 3.05) is 12.4 Å². The predicted molar refractivity (Wildman–Crippen MR) is 80.1 cm³/mol. The number of aromatic nitrogens is 4. The fourth-order valence-corrected chi connectivity index (χ4v) is 1.88. The number of rotatable bonds is 4. The Balaban J connectivity index is 1.78. The summed E-state index contributed by atoms with van der Waals surface area (Å²) < 4.78 is 6.71. The number of anilines is 1. The molecular formula is C15H13N5O2. The fourth-order valence-electron chi connectivity index (χ4n) is 1.88. The van der Waals surface area contributed by atoms with Crippen LogP contribution in [-0.4, -0.2) is 32.8 Å². The minimum Gasteiger partial charge on any atom is -0.497 e. The molecule has 0 radical (unpaired) electrons. The molecule has 1 aromatic carbocycles. The van der Waals surface area contributed by atoms with Gasteiger partial charge in [-0.25, -0.2) is 4.98 Å². The average Bonchev–Trinajstić information content (AvgIpc) is 3.10. The fraction of sp³-hybridized carbons (Fsp3) is 0.0667. The molecule has 0 aliphatic rings. The van der Waals surface area contributed by atoms with E-state index in [2.05, 4.69) is 20.5 Å². The molecule has 0 bridgehead atoms. The van der Waals surface area contributed by atoms with Crippen molar-refractivity contribution in [1.29, 1.82) is 0 Å². The first kappa shape index (κ1) is 13.7. The highest BCUT2D eigenvalue weighted by atomic mass is 16.5. The van der Waals surface area contributed by atoms with Crippen LogP contribution in [0.1, 0.15) is 10.5 Å². The lowest BCUT2D eigenvalue weighted by atomic mass is 10.2. The van der Waals surface area contributed by atoms with Crippen molar-refractivity contribution >= 4 is 11.6 Å². The number of carbonyl (C=O) groups excluding carboxylic acids is 1. The van der Waals surface area contributed by atoms with E-state index in [0.29, 0.717) is 17.2 Å². The minimum atomic E-state index is -0.292. The maximum Gasteiger partial charge on any atom is 0.274 e. The molecule has 0 aliphatic carbocycles. The second kappa shape index (κ2) is 6.04. The third-order valence-electron chi connectivity index (χ3n) is 3.00. The summed E-state index contributed by atoms with van der Waals surface area (Å²) in [6, 6.07) is 12.2. The quantitative estimate of drug-likeness (QED) is 0.795. The summed E-state index contributed by atoms with van der Waals surface area (Å²) in [6.45, 7) is 0. The van der Waals surface area contributed by atoms with Gasteiger partial charge in [-0.3, -0.25) is 9.36 Å². The first-order valence-corrected chi connectivity index (χ1v) is 6.54. The van der Waals surface area contributed by atoms with Crippen LogP contribution in [0.4, 0.5) is 5.69 Å². The molecule has 0 atom stereocenters. The molecule has 0 aliphatic heterocycles. The van der Waals surface area contributed by atoms with Crippen LogP contribution in [0.15, 0.2) is 55.1 Å². The van der Waals surface area contributed by atoms with Crippen LogP contribution in [0.5, 0.6) is 5.75 Å². The number of nitrogens with zero attached hydrogens (tertiary/aromatic N) is 4. The number of pyridine rings is 1. The van der Waals surface area contributed by atoms with E-state index in [0.717, 1.165) is 5.75 Å². The Morgan fingerprint density at radius 1 is 1.09 bits per heavy atom. The van der Waals surface area contributed by atoms with Crippen molar-refractivity contribution < 1.29 is 9.53 Å². The summed E-state index contributed by atoms with van der Waals surface area (Å²) in [5, 5.41) is 10.2. The largest absolute Gasteiger partial charge is 0.497 e. The van der Waals surface area contributed by atoms with Gasteiger partial charge in [0.25, 0.3) is 5.91 Å². The van der Waals surface area contributed by atoms with E-state index in [1.54, 1.807) is 54.1 Å². The molecule has 1 N–H and O–H groups in total. The zero-order valence-electron chi connectivity index (χ0n) is 11.8. The van der Waals surface area contributed by atoms with E-state index in [-0.39, 0.29) is 5.91 Å². The number of methoxy groups -OCH3 is 1. The molecule has 0 unspecified atom stereocenters. The summed E-state index contributed by atoms with van der Waals surface area (Å²) >= 11 is 0. The number of benzene rings is 1. The van der Waals surface area contributed by atoms with Gasteiger partial charge in [0.15, 0.2) is 0 Å². The van der Waals surface area contributed by atoms with Crippen LogP contribution in [0, 0.1) is 0 Å². The lowest BCUT2D eigenvalue weighted by molar-refractivity contribution is 0.102. The zero-order chi connectivity index (χ0) is 15.4. The van der Waals surface area contributed by atoms with Crippen molar-refractivity contribution in [1.82, 2.24) is 19.7 Å². The zero-order valence-corrected chi connectivity index (χ0v) is 11.8. The summed E-state index contributed by atoms with van der Waals surface area (Å²) in [4.78, 5) is 16.5. The van der Waals surface area contributed by atoms with E-state index in [9.17, 15) is 4.79 Å². The van der Waals surface area contributed by atoms with Gasteiger partial charge in [-0.1, -0.05) is 6.07 Å². The molecule has 0 fully saturated rings. The van der Waals surface area contributed by atoms with Crippen molar-refractivity contribution in [3.63, 3.8) is 0 Å². The van der Waals surface area contributed by atoms with Gasteiger partial charge in [0, 0.05) is 5.69 Å². The molecule has 1 amide bonds. The van der Waals surface area contributed by atoms with Crippen LogP contribution in [0.2, 0.25) is 0 Å². The molecule has 3 aromatic rings. The highest BCUT2D eigenvalue weighted by molar-refractivity contribution is 6.02. The number of carbonyl (C=O) groups is 1. The van der Waals surface area contributed by atoms with Gasteiger partial charge in [-0.15, -0.1) is 10.2 Å². The lowest BCUT2D eigenvalue weighted by Gasteiger charge is -2.07. The van der Waals surface area contributed by atoms with Crippen LogP contribution >= 0.6 is 0 Å². The molecule has 0 saturated heterocycles. The van der Waals surface area contributed by atoms with Gasteiger partial charge in [0.1, 0.15) is 29.9 Å². The number of nitrogens with one attached hydrogen (secondary N) is 1. The molecule has 7 heteroatoms. The number of amides is 1. The van der Waals surface area contributed by atoms with Crippen LogP contribution in [0.25, 0.3) is 5.82 Å². The van der Waals surface area contributed by atoms with Crippen molar-refractivity contribution in [2.24, 2.45) is 0 Å². The second-order valence-electron chi connectivity index (χ2n) is 4.43. The lowest BCUT2D eigenvalue weighted by Crippen LogP contribution is -2.14. The highest BCUT2D eigenvalue weighted by Crippen LogP contribution is 2.16. The van der Waals surface area contributed by atoms with Crippen LogP contribution < -0.4 is 10.1 Å². The van der Waals surface area contributed by atoms with E-state index >= 15 is 0 Å². The maximum absolute atomic E-state index is 12.2.